The fraction of sp³-hybridized carbons (Fsp3) is 0.378. The molecular formula is C37H52O10Si4. The van der Waals surface area contributed by atoms with Crippen molar-refractivity contribution < 1.29 is 45.7 Å². The molecule has 0 spiro atoms. The van der Waals surface area contributed by atoms with Crippen LogP contribution in [-0.4, -0.2) is 64.9 Å². The Balaban J connectivity index is 2.12. The Morgan fingerprint density at radius 1 is 0.529 bits per heavy atom. The second-order valence-electron chi connectivity index (χ2n) is 14.0. The fourth-order valence-corrected chi connectivity index (χ4v) is 22.5. The van der Waals surface area contributed by atoms with Gasteiger partial charge in [0.05, 0.1) is 6.61 Å². The molecule has 14 heteroatoms. The number of carbonyl (C=O) groups excluding carboxylic acids is 3. The van der Waals surface area contributed by atoms with E-state index in [-0.39, 0.29) is 0 Å². The van der Waals surface area contributed by atoms with Gasteiger partial charge in [-0.2, -0.15) is 0 Å². The van der Waals surface area contributed by atoms with Gasteiger partial charge in [0.25, 0.3) is 0 Å². The molecule has 0 aliphatic heterocycles. The molecule has 3 aromatic rings. The predicted molar refractivity (Wildman–Crippen MR) is 209 cm³/mol. The Kier molecular flexibility index (Phi) is 14.7. The number of carbonyl (C=O) groups is 3. The molecule has 0 unspecified atom stereocenters. The first-order valence-electron chi connectivity index (χ1n) is 16.9. The highest BCUT2D eigenvalue weighted by molar-refractivity contribution is 6.98. The average molecular weight is 769 g/mol. The molecule has 0 aliphatic carbocycles. The first kappa shape index (κ1) is 41.9. The van der Waals surface area contributed by atoms with Crippen molar-refractivity contribution in [3.63, 3.8) is 0 Å². The van der Waals surface area contributed by atoms with Gasteiger partial charge < -0.3 is 31.3 Å². The van der Waals surface area contributed by atoms with E-state index in [0.29, 0.717) is 42.9 Å². The molecular weight excluding hydrogens is 717 g/mol. The lowest BCUT2D eigenvalue weighted by molar-refractivity contribution is -0.132. The molecule has 0 radical (unpaired) electrons. The minimum atomic E-state index is -3.62. The van der Waals surface area contributed by atoms with Gasteiger partial charge in [-0.05, 0) is 105 Å². The molecule has 0 aromatic heterocycles. The molecule has 51 heavy (non-hydrogen) atoms. The van der Waals surface area contributed by atoms with E-state index >= 15 is 0 Å². The Bertz CT molecular complexity index is 1480. The normalized spacial score (nSPS) is 12.3. The minimum Gasteiger partial charge on any atom is -0.427 e. The zero-order chi connectivity index (χ0) is 38.0. The van der Waals surface area contributed by atoms with Crippen LogP contribution in [0.3, 0.4) is 0 Å². The summed E-state index contributed by atoms with van der Waals surface area (Å²) in [6, 6.07) is 22.8. The third-order valence-corrected chi connectivity index (χ3v) is 23.8. The van der Waals surface area contributed by atoms with Crippen molar-refractivity contribution in [2.75, 3.05) is 13.2 Å². The molecule has 3 aromatic carbocycles. The lowest BCUT2D eigenvalue weighted by Crippen LogP contribution is -2.67. The van der Waals surface area contributed by atoms with Gasteiger partial charge >= 0.3 is 26.7 Å². The number of rotatable bonds is 18. The Morgan fingerprint density at radius 2 is 0.824 bits per heavy atom. The first-order chi connectivity index (χ1) is 23.7. The number of hydrogen-bond donors (Lipinski definition) is 0. The maximum Gasteiger partial charge on any atom is 0.470 e. The third kappa shape index (κ3) is 13.2. The zero-order valence-corrected chi connectivity index (χ0v) is 35.5. The summed E-state index contributed by atoms with van der Waals surface area (Å²) < 4.78 is 44.1. The van der Waals surface area contributed by atoms with E-state index in [1.807, 2.05) is 43.3 Å². The predicted octanol–water partition coefficient (Wildman–Crippen LogP) is 6.07. The smallest absolute Gasteiger partial charge is 0.427 e. The van der Waals surface area contributed by atoms with Crippen LogP contribution in [0, 0.1) is 0 Å². The van der Waals surface area contributed by atoms with Crippen LogP contribution in [0.2, 0.25) is 45.3 Å². The summed E-state index contributed by atoms with van der Waals surface area (Å²) in [5.74, 6) is 0.200. The highest BCUT2D eigenvalue weighted by atomic mass is 28.5. The molecule has 0 saturated heterocycles. The van der Waals surface area contributed by atoms with Crippen molar-refractivity contribution in [2.45, 2.75) is 79.4 Å². The molecule has 0 fully saturated rings. The van der Waals surface area contributed by atoms with Gasteiger partial charge in [-0.15, -0.1) is 0 Å². The summed E-state index contributed by atoms with van der Waals surface area (Å²) in [7, 11) is -11.9. The van der Waals surface area contributed by atoms with Gasteiger partial charge in [0.1, 0.15) is 17.2 Å². The SMILES string of the molecule is C=C(C)COCCC[Si](O[Si](C)(C)c1ccc(OC(C)=O)cc1)(O[Si](C)(C)c1ccc(OC(C)=O)cc1)O[Si](C)(C)c1ccc(OC(C)=O)cc1. The van der Waals surface area contributed by atoms with Crippen LogP contribution >= 0.6 is 0 Å². The van der Waals surface area contributed by atoms with Gasteiger partial charge in [-0.3, -0.25) is 14.4 Å². The van der Waals surface area contributed by atoms with Crippen LogP contribution in [0.1, 0.15) is 34.1 Å². The van der Waals surface area contributed by atoms with Gasteiger partial charge in [-0.1, -0.05) is 48.6 Å². The monoisotopic (exact) mass is 768 g/mol. The number of ether oxygens (including phenoxy) is 4. The molecule has 0 N–H and O–H groups in total. The van der Waals surface area contributed by atoms with E-state index in [9.17, 15) is 14.4 Å². The van der Waals surface area contributed by atoms with Crippen LogP contribution in [0.25, 0.3) is 0 Å². The molecule has 0 saturated carbocycles. The van der Waals surface area contributed by atoms with Crippen LogP contribution < -0.4 is 29.8 Å². The standard InChI is InChI=1S/C37H52O10Si4/c1-28(2)27-41-25-12-26-51(45-48(6,7)35-19-13-32(14-20-35)42-29(3)38,46-49(8,9)36-21-15-33(16-22-36)43-30(4)39)47-50(10,11)37-23-17-34(18-24-37)44-31(5)40/h13-24H,1,12,25-27H2,2-11H3. The van der Waals surface area contributed by atoms with E-state index in [1.54, 1.807) is 36.4 Å². The molecule has 0 amide bonds. The zero-order valence-electron chi connectivity index (χ0n) is 31.5. The summed E-state index contributed by atoms with van der Waals surface area (Å²) in [4.78, 5) is 34.7. The molecule has 0 bridgehead atoms. The first-order valence-corrected chi connectivity index (χ1v) is 27.6. The summed E-state index contributed by atoms with van der Waals surface area (Å²) in [6.45, 7) is 23.6. The summed E-state index contributed by atoms with van der Waals surface area (Å²) in [6.07, 6.45) is 0.626. The maximum absolute atomic E-state index is 11.6. The highest BCUT2D eigenvalue weighted by Crippen LogP contribution is 2.31. The van der Waals surface area contributed by atoms with Crippen molar-refractivity contribution in [1.29, 1.82) is 0 Å². The minimum absolute atomic E-state index is 0.390. The summed E-state index contributed by atoms with van der Waals surface area (Å²) >= 11 is 0. The molecule has 276 valence electrons. The average Bonchev–Trinajstić information content (AvgIpc) is 3.00. The van der Waals surface area contributed by atoms with Crippen LogP contribution in [0.5, 0.6) is 17.2 Å². The van der Waals surface area contributed by atoms with Crippen LogP contribution in [0.15, 0.2) is 84.9 Å². The van der Waals surface area contributed by atoms with Gasteiger partial charge in [0.2, 0.25) is 25.0 Å². The lowest BCUT2D eigenvalue weighted by Gasteiger charge is -2.45. The molecule has 3 rings (SSSR count). The van der Waals surface area contributed by atoms with Crippen LogP contribution in [0.4, 0.5) is 0 Å². The quantitative estimate of drug-likeness (QED) is 0.0497. The number of hydrogen-bond acceptors (Lipinski definition) is 10. The molecule has 10 nitrogen and oxygen atoms in total. The van der Waals surface area contributed by atoms with Gasteiger partial charge in [-0.25, -0.2) is 0 Å². The lowest BCUT2D eigenvalue weighted by atomic mass is 10.3. The second kappa shape index (κ2) is 17.8. The van der Waals surface area contributed by atoms with Crippen molar-refractivity contribution in [1.82, 2.24) is 0 Å². The van der Waals surface area contributed by atoms with Crippen molar-refractivity contribution in [3.8, 4) is 17.2 Å². The Labute approximate surface area is 306 Å². The van der Waals surface area contributed by atoms with E-state index in [0.717, 1.165) is 21.1 Å². The molecule has 0 atom stereocenters. The Hall–Kier alpha value is -3.48. The second-order valence-corrected chi connectivity index (χ2v) is 29.1. The van der Waals surface area contributed by atoms with E-state index in [2.05, 4.69) is 45.9 Å². The van der Waals surface area contributed by atoms with Gasteiger partial charge in [0.15, 0.2) is 0 Å². The van der Waals surface area contributed by atoms with E-state index in [4.69, 9.17) is 31.3 Å². The van der Waals surface area contributed by atoms with Crippen molar-refractivity contribution in [3.05, 3.63) is 84.9 Å². The fourth-order valence-electron chi connectivity index (χ4n) is 5.47. The number of benzene rings is 3. The summed E-state index contributed by atoms with van der Waals surface area (Å²) in [5, 5.41) is 2.95. The topological polar surface area (TPSA) is 116 Å². The highest BCUT2D eigenvalue weighted by Gasteiger charge is 2.53. The van der Waals surface area contributed by atoms with Crippen molar-refractivity contribution >= 4 is 67.2 Å². The van der Waals surface area contributed by atoms with E-state index < -0.39 is 51.7 Å². The maximum atomic E-state index is 11.6. The Morgan fingerprint density at radius 3 is 1.08 bits per heavy atom. The largest absolute Gasteiger partial charge is 0.470 e. The molecule has 0 aliphatic rings. The van der Waals surface area contributed by atoms with Crippen molar-refractivity contribution in [2.24, 2.45) is 0 Å². The number of esters is 3. The van der Waals surface area contributed by atoms with E-state index in [1.165, 1.54) is 20.8 Å². The molecule has 0 heterocycles. The summed E-state index contributed by atoms with van der Waals surface area (Å²) in [5.41, 5.74) is 0.935. The van der Waals surface area contributed by atoms with Gasteiger partial charge in [0, 0.05) is 33.4 Å². The third-order valence-electron chi connectivity index (χ3n) is 7.79. The van der Waals surface area contributed by atoms with Crippen LogP contribution in [-0.2, 0) is 31.5 Å².